The Labute approximate surface area is 111 Å². The average Bonchev–Trinajstić information content (AvgIpc) is 2.30. The Balaban J connectivity index is 2.24. The molecule has 102 valence electrons. The molecule has 1 unspecified atom stereocenters. The quantitative estimate of drug-likeness (QED) is 0.759. The van der Waals surface area contributed by atoms with E-state index in [9.17, 15) is 14.7 Å². The van der Waals surface area contributed by atoms with E-state index < -0.39 is 5.97 Å². The Morgan fingerprint density at radius 3 is 2.84 bits per heavy atom. The number of aryl methyl sites for hydroxylation is 2. The van der Waals surface area contributed by atoms with Gasteiger partial charge in [-0.2, -0.15) is 0 Å². The van der Waals surface area contributed by atoms with E-state index in [2.05, 4.69) is 15.6 Å². The molecule has 1 saturated heterocycles. The second kappa shape index (κ2) is 5.26. The van der Waals surface area contributed by atoms with E-state index >= 15 is 0 Å². The fourth-order valence-electron chi connectivity index (χ4n) is 2.26. The maximum absolute atomic E-state index is 11.3. The number of rotatable bonds is 3. The molecule has 2 rings (SSSR count). The van der Waals surface area contributed by atoms with E-state index in [0.717, 1.165) is 5.69 Å². The second-order valence-electron chi connectivity index (χ2n) is 4.79. The van der Waals surface area contributed by atoms with Gasteiger partial charge < -0.3 is 15.7 Å². The molecular formula is C13H17N3O3. The van der Waals surface area contributed by atoms with Crippen molar-refractivity contribution in [2.75, 3.05) is 11.9 Å². The summed E-state index contributed by atoms with van der Waals surface area (Å²) in [6, 6.07) is 1.77. The summed E-state index contributed by atoms with van der Waals surface area (Å²) in [7, 11) is 0. The molecule has 19 heavy (non-hydrogen) atoms. The van der Waals surface area contributed by atoms with Crippen molar-refractivity contribution < 1.29 is 14.7 Å². The first-order valence-electron chi connectivity index (χ1n) is 6.22. The molecule has 1 aromatic heterocycles. The number of nitrogens with one attached hydrogen (secondary N) is 2. The molecule has 3 N–H and O–H groups in total. The van der Waals surface area contributed by atoms with Crippen LogP contribution in [-0.4, -0.2) is 34.6 Å². The van der Waals surface area contributed by atoms with Crippen LogP contribution in [0, 0.1) is 13.8 Å². The van der Waals surface area contributed by atoms with Crippen LogP contribution < -0.4 is 10.6 Å². The number of carboxylic acids is 1. The van der Waals surface area contributed by atoms with Gasteiger partial charge in [0.2, 0.25) is 5.91 Å². The molecule has 0 spiro atoms. The Morgan fingerprint density at radius 2 is 2.26 bits per heavy atom. The first-order chi connectivity index (χ1) is 8.97. The molecule has 1 amide bonds. The van der Waals surface area contributed by atoms with Crippen LogP contribution in [0.15, 0.2) is 6.07 Å². The normalized spacial score (nSPS) is 18.8. The first-order valence-corrected chi connectivity index (χ1v) is 6.22. The average molecular weight is 263 g/mol. The monoisotopic (exact) mass is 263 g/mol. The minimum atomic E-state index is -0.993. The summed E-state index contributed by atoms with van der Waals surface area (Å²) < 4.78 is 0. The van der Waals surface area contributed by atoms with Crippen molar-refractivity contribution in [1.82, 2.24) is 10.3 Å². The predicted octanol–water partition coefficient (Wildman–Crippen LogP) is 1.09. The fraction of sp³-hybridized carbons (Fsp3) is 0.462. The van der Waals surface area contributed by atoms with E-state index in [4.69, 9.17) is 0 Å². The lowest BCUT2D eigenvalue weighted by atomic mass is 10.1. The van der Waals surface area contributed by atoms with Crippen LogP contribution in [0.5, 0.6) is 0 Å². The van der Waals surface area contributed by atoms with Crippen molar-refractivity contribution in [3.63, 3.8) is 0 Å². The molecule has 1 atom stereocenters. The highest BCUT2D eigenvalue weighted by Gasteiger charge is 2.22. The number of hydrogen-bond acceptors (Lipinski definition) is 4. The van der Waals surface area contributed by atoms with Crippen LogP contribution in [0.4, 0.5) is 5.82 Å². The van der Waals surface area contributed by atoms with E-state index in [0.29, 0.717) is 30.8 Å². The topological polar surface area (TPSA) is 91.3 Å². The summed E-state index contributed by atoms with van der Waals surface area (Å²) in [5.74, 6) is -0.580. The number of piperidine rings is 1. The fourth-order valence-corrected chi connectivity index (χ4v) is 2.26. The minimum absolute atomic E-state index is 0.0181. The zero-order valence-electron chi connectivity index (χ0n) is 11.0. The van der Waals surface area contributed by atoms with Crippen LogP contribution in [0.1, 0.15) is 34.5 Å². The molecule has 1 fully saturated rings. The summed E-state index contributed by atoms with van der Waals surface area (Å²) in [6.07, 6.45) is 1.13. The van der Waals surface area contributed by atoms with Gasteiger partial charge in [0.05, 0.1) is 0 Å². The molecule has 0 saturated carbocycles. The minimum Gasteiger partial charge on any atom is -0.478 e. The van der Waals surface area contributed by atoms with Gasteiger partial charge in [0.15, 0.2) is 0 Å². The lowest BCUT2D eigenvalue weighted by molar-refractivity contribution is -0.122. The van der Waals surface area contributed by atoms with Gasteiger partial charge in [-0.25, -0.2) is 9.78 Å². The van der Waals surface area contributed by atoms with Crippen molar-refractivity contribution in [1.29, 1.82) is 0 Å². The molecule has 0 bridgehead atoms. The number of pyridine rings is 1. The Morgan fingerprint density at radius 1 is 1.53 bits per heavy atom. The van der Waals surface area contributed by atoms with Gasteiger partial charge in [0.25, 0.3) is 0 Å². The van der Waals surface area contributed by atoms with Gasteiger partial charge in [-0.15, -0.1) is 0 Å². The van der Waals surface area contributed by atoms with Gasteiger partial charge in [-0.3, -0.25) is 4.79 Å². The second-order valence-corrected chi connectivity index (χ2v) is 4.79. The maximum atomic E-state index is 11.3. The highest BCUT2D eigenvalue weighted by molar-refractivity contribution is 5.95. The summed E-state index contributed by atoms with van der Waals surface area (Å²) in [4.78, 5) is 26.7. The standard InChI is InChI=1S/C13H17N3O3/c1-7-5-8(2)15-12(11(7)13(18)19)16-9-3-4-10(17)14-6-9/h5,9H,3-4,6H2,1-2H3,(H,14,17)(H,15,16)(H,18,19). The highest BCUT2D eigenvalue weighted by atomic mass is 16.4. The number of anilines is 1. The third-order valence-electron chi connectivity index (χ3n) is 3.16. The molecule has 0 aliphatic carbocycles. The summed E-state index contributed by atoms with van der Waals surface area (Å²) >= 11 is 0. The van der Waals surface area contributed by atoms with Crippen LogP contribution in [0.2, 0.25) is 0 Å². The molecule has 6 heteroatoms. The molecule has 1 aromatic rings. The Bertz CT molecular complexity index is 518. The molecule has 1 aliphatic rings. The van der Waals surface area contributed by atoms with Gasteiger partial charge >= 0.3 is 5.97 Å². The number of nitrogens with zero attached hydrogens (tertiary/aromatic N) is 1. The maximum Gasteiger partial charge on any atom is 0.339 e. The Hall–Kier alpha value is -2.11. The van der Waals surface area contributed by atoms with Crippen LogP contribution >= 0.6 is 0 Å². The van der Waals surface area contributed by atoms with Crippen molar-refractivity contribution in [3.05, 3.63) is 22.9 Å². The first kappa shape index (κ1) is 13.3. The van der Waals surface area contributed by atoms with E-state index in [-0.39, 0.29) is 17.5 Å². The molecular weight excluding hydrogens is 246 g/mol. The number of hydrogen-bond donors (Lipinski definition) is 3. The van der Waals surface area contributed by atoms with Crippen molar-refractivity contribution in [3.8, 4) is 0 Å². The highest BCUT2D eigenvalue weighted by Crippen LogP contribution is 2.20. The predicted molar refractivity (Wildman–Crippen MR) is 70.3 cm³/mol. The lowest BCUT2D eigenvalue weighted by Crippen LogP contribution is -2.42. The SMILES string of the molecule is Cc1cc(C)c(C(=O)O)c(NC2CCC(=O)NC2)n1. The summed E-state index contributed by atoms with van der Waals surface area (Å²) in [6.45, 7) is 4.07. The van der Waals surface area contributed by atoms with Crippen molar-refractivity contribution in [2.45, 2.75) is 32.7 Å². The van der Waals surface area contributed by atoms with Gasteiger partial charge in [0.1, 0.15) is 11.4 Å². The van der Waals surface area contributed by atoms with Gasteiger partial charge in [0, 0.05) is 24.7 Å². The van der Waals surface area contributed by atoms with Crippen LogP contribution in [0.3, 0.4) is 0 Å². The number of carbonyl (C=O) groups excluding carboxylic acids is 1. The number of aromatic nitrogens is 1. The molecule has 0 aromatic carbocycles. The van der Waals surface area contributed by atoms with Gasteiger partial charge in [-0.05, 0) is 31.9 Å². The largest absolute Gasteiger partial charge is 0.478 e. The van der Waals surface area contributed by atoms with Crippen LogP contribution in [0.25, 0.3) is 0 Å². The molecule has 2 heterocycles. The molecule has 6 nitrogen and oxygen atoms in total. The summed E-state index contributed by atoms with van der Waals surface area (Å²) in [5, 5.41) is 15.1. The number of carbonyl (C=O) groups is 2. The lowest BCUT2D eigenvalue weighted by Gasteiger charge is -2.25. The number of aromatic carboxylic acids is 1. The third kappa shape index (κ3) is 3.01. The van der Waals surface area contributed by atoms with E-state index in [1.165, 1.54) is 0 Å². The summed E-state index contributed by atoms with van der Waals surface area (Å²) in [5.41, 5.74) is 1.65. The Kier molecular flexibility index (Phi) is 3.69. The smallest absolute Gasteiger partial charge is 0.339 e. The van der Waals surface area contributed by atoms with E-state index in [1.54, 1.807) is 13.0 Å². The number of carboxylic acid groups (broad SMARTS) is 1. The zero-order valence-corrected chi connectivity index (χ0v) is 11.0. The third-order valence-corrected chi connectivity index (χ3v) is 3.16. The zero-order chi connectivity index (χ0) is 14.0. The molecule has 1 aliphatic heterocycles. The van der Waals surface area contributed by atoms with Crippen molar-refractivity contribution >= 4 is 17.7 Å². The number of amides is 1. The van der Waals surface area contributed by atoms with Gasteiger partial charge in [-0.1, -0.05) is 0 Å². The molecule has 0 radical (unpaired) electrons. The van der Waals surface area contributed by atoms with E-state index in [1.807, 2.05) is 6.92 Å². The van der Waals surface area contributed by atoms with Crippen LogP contribution in [-0.2, 0) is 4.79 Å². The van der Waals surface area contributed by atoms with Crippen molar-refractivity contribution in [2.24, 2.45) is 0 Å².